The van der Waals surface area contributed by atoms with Gasteiger partial charge in [-0.3, -0.25) is 9.78 Å². The predicted octanol–water partition coefficient (Wildman–Crippen LogP) is 3.19. The molecular weight excluding hydrogens is 346 g/mol. The number of ether oxygens (including phenoxy) is 1. The third-order valence-electron chi connectivity index (χ3n) is 4.52. The molecule has 0 saturated carbocycles. The van der Waals surface area contributed by atoms with E-state index in [1.54, 1.807) is 12.4 Å². The van der Waals surface area contributed by atoms with Gasteiger partial charge in [0.2, 0.25) is 0 Å². The van der Waals surface area contributed by atoms with E-state index in [-0.39, 0.29) is 17.9 Å². The van der Waals surface area contributed by atoms with Crippen molar-refractivity contribution < 1.29 is 9.53 Å². The second kappa shape index (κ2) is 7.76. The summed E-state index contributed by atoms with van der Waals surface area (Å²) < 4.78 is 5.61. The van der Waals surface area contributed by atoms with Gasteiger partial charge < -0.3 is 10.1 Å². The Hall–Kier alpha value is -2.57. The Kier molecular flexibility index (Phi) is 5.04. The van der Waals surface area contributed by atoms with Crippen LogP contribution < -0.4 is 5.32 Å². The van der Waals surface area contributed by atoms with Crippen molar-refractivity contribution in [3.8, 4) is 10.6 Å². The van der Waals surface area contributed by atoms with Gasteiger partial charge in [0.25, 0.3) is 5.91 Å². The zero-order chi connectivity index (χ0) is 17.8. The summed E-state index contributed by atoms with van der Waals surface area (Å²) in [5, 5.41) is 5.76. The molecule has 1 fully saturated rings. The highest BCUT2D eigenvalue weighted by Crippen LogP contribution is 2.24. The van der Waals surface area contributed by atoms with E-state index in [1.165, 1.54) is 16.9 Å². The Labute approximate surface area is 156 Å². The van der Waals surface area contributed by atoms with Crippen molar-refractivity contribution in [2.75, 3.05) is 13.2 Å². The van der Waals surface area contributed by atoms with Crippen LogP contribution in [0.4, 0.5) is 0 Å². The van der Waals surface area contributed by atoms with Gasteiger partial charge in [0.1, 0.15) is 10.7 Å². The normalized spacial score (nSPS) is 19.4. The van der Waals surface area contributed by atoms with E-state index in [0.29, 0.717) is 18.9 Å². The molecule has 1 saturated heterocycles. The number of nitrogens with zero attached hydrogens (tertiary/aromatic N) is 2. The molecule has 0 aliphatic carbocycles. The zero-order valence-electron chi connectivity index (χ0n) is 14.2. The topological polar surface area (TPSA) is 64.1 Å². The fourth-order valence-corrected chi connectivity index (χ4v) is 3.92. The van der Waals surface area contributed by atoms with Gasteiger partial charge in [-0.2, -0.15) is 0 Å². The van der Waals surface area contributed by atoms with Gasteiger partial charge in [-0.15, -0.1) is 11.3 Å². The number of benzene rings is 1. The molecule has 1 N–H and O–H groups in total. The van der Waals surface area contributed by atoms with Crippen molar-refractivity contribution in [3.63, 3.8) is 0 Å². The Morgan fingerprint density at radius 2 is 1.96 bits per heavy atom. The number of aromatic nitrogens is 2. The highest BCUT2D eigenvalue weighted by atomic mass is 32.1. The Bertz CT molecular complexity index is 867. The van der Waals surface area contributed by atoms with E-state index in [9.17, 15) is 4.79 Å². The van der Waals surface area contributed by atoms with E-state index in [4.69, 9.17) is 4.74 Å². The van der Waals surface area contributed by atoms with Gasteiger partial charge in [0.15, 0.2) is 0 Å². The summed E-state index contributed by atoms with van der Waals surface area (Å²) in [6.07, 6.45) is 4.44. The van der Waals surface area contributed by atoms with Crippen molar-refractivity contribution in [3.05, 3.63) is 71.5 Å². The van der Waals surface area contributed by atoms with E-state index in [0.717, 1.165) is 17.0 Å². The van der Waals surface area contributed by atoms with Crippen LogP contribution in [0.15, 0.2) is 60.2 Å². The van der Waals surface area contributed by atoms with Gasteiger partial charge >= 0.3 is 0 Å². The SMILES string of the molecule is O=C(N[C@@H]1COC[C@H]1Cc1ccncc1)c1csc(-c2ccccc2)n1. The van der Waals surface area contributed by atoms with Crippen molar-refractivity contribution in [1.82, 2.24) is 15.3 Å². The van der Waals surface area contributed by atoms with Gasteiger partial charge in [0, 0.05) is 29.3 Å². The average molecular weight is 365 g/mol. The summed E-state index contributed by atoms with van der Waals surface area (Å²) in [6.45, 7) is 1.19. The molecule has 0 bridgehead atoms. The molecule has 5 nitrogen and oxygen atoms in total. The number of hydrogen-bond donors (Lipinski definition) is 1. The standard InChI is InChI=1S/C20H19N3O2S/c24-19(18-13-26-20(23-18)15-4-2-1-3-5-15)22-17-12-25-11-16(17)10-14-6-8-21-9-7-14/h1-9,13,16-17H,10-12H2,(H,22,24)/t16-,17-/m1/s1. The number of thiazole rings is 1. The summed E-state index contributed by atoms with van der Waals surface area (Å²) in [7, 11) is 0. The molecule has 2 atom stereocenters. The van der Waals surface area contributed by atoms with Gasteiger partial charge in [-0.1, -0.05) is 30.3 Å². The van der Waals surface area contributed by atoms with Crippen LogP contribution >= 0.6 is 11.3 Å². The van der Waals surface area contributed by atoms with Gasteiger partial charge in [0.05, 0.1) is 19.3 Å². The minimum atomic E-state index is -0.140. The Morgan fingerprint density at radius 1 is 1.15 bits per heavy atom. The second-order valence-electron chi connectivity index (χ2n) is 6.34. The molecule has 1 aliphatic heterocycles. The van der Waals surface area contributed by atoms with E-state index in [1.807, 2.05) is 47.8 Å². The fourth-order valence-electron chi connectivity index (χ4n) is 3.11. The fraction of sp³-hybridized carbons (Fsp3) is 0.250. The zero-order valence-corrected chi connectivity index (χ0v) is 15.0. The van der Waals surface area contributed by atoms with E-state index in [2.05, 4.69) is 15.3 Å². The lowest BCUT2D eigenvalue weighted by Gasteiger charge is -2.18. The summed E-state index contributed by atoms with van der Waals surface area (Å²) in [6, 6.07) is 13.9. The van der Waals surface area contributed by atoms with Crippen molar-refractivity contribution in [2.24, 2.45) is 5.92 Å². The van der Waals surface area contributed by atoms with Crippen molar-refractivity contribution in [2.45, 2.75) is 12.5 Å². The van der Waals surface area contributed by atoms with Crippen LogP contribution in [0.25, 0.3) is 10.6 Å². The van der Waals surface area contributed by atoms with Crippen LogP contribution in [-0.4, -0.2) is 35.1 Å². The molecule has 1 aliphatic rings. The molecule has 0 spiro atoms. The van der Waals surface area contributed by atoms with Crippen LogP contribution in [0.2, 0.25) is 0 Å². The molecular formula is C20H19N3O2S. The quantitative estimate of drug-likeness (QED) is 0.754. The first-order chi connectivity index (χ1) is 12.8. The smallest absolute Gasteiger partial charge is 0.271 e. The summed E-state index contributed by atoms with van der Waals surface area (Å²) >= 11 is 1.48. The van der Waals surface area contributed by atoms with Crippen molar-refractivity contribution >= 4 is 17.2 Å². The number of carbonyl (C=O) groups excluding carboxylic acids is 1. The molecule has 3 heterocycles. The second-order valence-corrected chi connectivity index (χ2v) is 7.20. The molecule has 3 aromatic rings. The number of pyridine rings is 1. The van der Waals surface area contributed by atoms with Crippen LogP contribution in [0.5, 0.6) is 0 Å². The Balaban J connectivity index is 1.42. The van der Waals surface area contributed by atoms with Crippen LogP contribution in [0.3, 0.4) is 0 Å². The molecule has 1 amide bonds. The highest BCUT2D eigenvalue weighted by molar-refractivity contribution is 7.13. The third-order valence-corrected chi connectivity index (χ3v) is 5.41. The first-order valence-electron chi connectivity index (χ1n) is 8.58. The maximum atomic E-state index is 12.6. The largest absolute Gasteiger partial charge is 0.379 e. The first kappa shape index (κ1) is 16.9. The van der Waals surface area contributed by atoms with Gasteiger partial charge in [-0.25, -0.2) is 4.98 Å². The minimum Gasteiger partial charge on any atom is -0.379 e. The molecule has 6 heteroatoms. The molecule has 0 unspecified atom stereocenters. The molecule has 2 aromatic heterocycles. The maximum absolute atomic E-state index is 12.6. The van der Waals surface area contributed by atoms with Crippen LogP contribution in [0.1, 0.15) is 16.1 Å². The Morgan fingerprint density at radius 3 is 2.77 bits per heavy atom. The molecule has 0 radical (unpaired) electrons. The minimum absolute atomic E-state index is 0.00228. The first-order valence-corrected chi connectivity index (χ1v) is 9.46. The predicted molar refractivity (Wildman–Crippen MR) is 101 cm³/mol. The molecule has 26 heavy (non-hydrogen) atoms. The lowest BCUT2D eigenvalue weighted by atomic mass is 9.95. The van der Waals surface area contributed by atoms with Crippen LogP contribution in [0, 0.1) is 5.92 Å². The summed E-state index contributed by atoms with van der Waals surface area (Å²) in [5.74, 6) is 0.118. The highest BCUT2D eigenvalue weighted by Gasteiger charge is 2.30. The van der Waals surface area contributed by atoms with Crippen LogP contribution in [-0.2, 0) is 11.2 Å². The third kappa shape index (κ3) is 3.81. The average Bonchev–Trinajstić information content (AvgIpc) is 3.34. The van der Waals surface area contributed by atoms with E-state index < -0.39 is 0 Å². The lowest BCUT2D eigenvalue weighted by Crippen LogP contribution is -2.40. The van der Waals surface area contributed by atoms with Gasteiger partial charge in [-0.05, 0) is 24.1 Å². The van der Waals surface area contributed by atoms with E-state index >= 15 is 0 Å². The van der Waals surface area contributed by atoms with Crippen molar-refractivity contribution in [1.29, 1.82) is 0 Å². The maximum Gasteiger partial charge on any atom is 0.271 e. The number of amides is 1. The molecule has 1 aromatic carbocycles. The number of rotatable bonds is 5. The summed E-state index contributed by atoms with van der Waals surface area (Å²) in [5.41, 5.74) is 2.69. The molecule has 132 valence electrons. The lowest BCUT2D eigenvalue weighted by molar-refractivity contribution is 0.0921. The number of carbonyl (C=O) groups is 1. The molecule has 4 rings (SSSR count). The monoisotopic (exact) mass is 365 g/mol. The summed E-state index contributed by atoms with van der Waals surface area (Å²) in [4.78, 5) is 21.1. The number of hydrogen-bond acceptors (Lipinski definition) is 5. The number of nitrogens with one attached hydrogen (secondary N) is 1.